The second-order valence-corrected chi connectivity index (χ2v) is 8.22. The highest BCUT2D eigenvalue weighted by Crippen LogP contribution is 2.39. The van der Waals surface area contributed by atoms with Crippen LogP contribution in [-0.4, -0.2) is 68.5 Å². The van der Waals surface area contributed by atoms with E-state index in [1.807, 2.05) is 0 Å². The second kappa shape index (κ2) is 10.5. The molecule has 0 amide bonds. The molecule has 1 aliphatic rings. The average Bonchev–Trinajstić information content (AvgIpc) is 2.82. The fourth-order valence-electron chi connectivity index (χ4n) is 3.83. The normalized spacial score (nSPS) is 16.9. The number of methoxy groups -OCH3 is 4. The van der Waals surface area contributed by atoms with Crippen LogP contribution in [0.2, 0.25) is 0 Å². The van der Waals surface area contributed by atoms with Crippen LogP contribution >= 0.6 is 0 Å². The number of nitrogens with zero attached hydrogens (tertiary/aromatic N) is 1. The molecule has 0 radical (unpaired) electrons. The molecule has 1 fully saturated rings. The lowest BCUT2D eigenvalue weighted by Gasteiger charge is -2.33. The molecule has 1 heterocycles. The predicted octanol–water partition coefficient (Wildman–Crippen LogP) is 3.89. The Morgan fingerprint density at radius 2 is 1.06 bits per heavy atom. The number of phenolic OH excluding ortho intramolecular Hbond substituents is 2. The summed E-state index contributed by atoms with van der Waals surface area (Å²) in [4.78, 5) is 15.7. The number of rotatable bonds is 7. The minimum atomic E-state index is -0.0956. The number of carbonyl (C=O) groups excluding carboxylic acids is 1. The van der Waals surface area contributed by atoms with Gasteiger partial charge in [-0.3, -0.25) is 9.69 Å². The van der Waals surface area contributed by atoms with Crippen molar-refractivity contribution in [3.63, 3.8) is 0 Å². The molecule has 2 aromatic rings. The topological polar surface area (TPSA) is 97.7 Å². The Balaban J connectivity index is 2.08. The summed E-state index contributed by atoms with van der Waals surface area (Å²) in [5.74, 6) is 0.754. The van der Waals surface area contributed by atoms with Crippen molar-refractivity contribution in [3.05, 3.63) is 46.5 Å². The highest BCUT2D eigenvalue weighted by Gasteiger charge is 2.28. The van der Waals surface area contributed by atoms with E-state index >= 15 is 0 Å². The molecule has 34 heavy (non-hydrogen) atoms. The van der Waals surface area contributed by atoms with Crippen LogP contribution < -0.4 is 18.9 Å². The van der Waals surface area contributed by atoms with Crippen molar-refractivity contribution in [3.8, 4) is 34.5 Å². The van der Waals surface area contributed by atoms with Crippen LogP contribution in [0.25, 0.3) is 12.2 Å². The fourth-order valence-corrected chi connectivity index (χ4v) is 3.83. The predicted molar refractivity (Wildman–Crippen MR) is 130 cm³/mol. The van der Waals surface area contributed by atoms with E-state index in [1.165, 1.54) is 28.4 Å². The van der Waals surface area contributed by atoms with Gasteiger partial charge in [0.1, 0.15) is 0 Å². The minimum absolute atomic E-state index is 0.0890. The molecule has 1 aliphatic heterocycles. The van der Waals surface area contributed by atoms with E-state index in [0.717, 1.165) is 0 Å². The van der Waals surface area contributed by atoms with Crippen molar-refractivity contribution < 1.29 is 34.0 Å². The van der Waals surface area contributed by atoms with E-state index < -0.39 is 0 Å². The lowest BCUT2D eigenvalue weighted by Crippen LogP contribution is -2.41. The van der Waals surface area contributed by atoms with Gasteiger partial charge < -0.3 is 29.2 Å². The van der Waals surface area contributed by atoms with E-state index in [4.69, 9.17) is 18.9 Å². The number of benzene rings is 2. The molecule has 8 heteroatoms. The zero-order chi connectivity index (χ0) is 25.0. The van der Waals surface area contributed by atoms with Crippen molar-refractivity contribution >= 4 is 17.9 Å². The second-order valence-electron chi connectivity index (χ2n) is 8.22. The van der Waals surface area contributed by atoms with Crippen LogP contribution in [0, 0.1) is 0 Å². The van der Waals surface area contributed by atoms with Crippen LogP contribution in [-0.2, 0) is 4.79 Å². The quantitative estimate of drug-likeness (QED) is 0.590. The van der Waals surface area contributed by atoms with Crippen molar-refractivity contribution in [1.29, 1.82) is 0 Å². The van der Waals surface area contributed by atoms with Gasteiger partial charge in [-0.05, 0) is 61.4 Å². The van der Waals surface area contributed by atoms with E-state index in [0.29, 0.717) is 35.4 Å². The van der Waals surface area contributed by atoms with Crippen LogP contribution in [0.1, 0.15) is 25.0 Å². The molecule has 2 N–H and O–H groups in total. The zero-order valence-electron chi connectivity index (χ0n) is 20.3. The van der Waals surface area contributed by atoms with Crippen molar-refractivity contribution in [2.45, 2.75) is 19.9 Å². The van der Waals surface area contributed by atoms with Gasteiger partial charge >= 0.3 is 0 Å². The van der Waals surface area contributed by atoms with Crippen LogP contribution in [0.3, 0.4) is 0 Å². The fraction of sp³-hybridized carbons (Fsp3) is 0.346. The number of carbonyl (C=O) groups is 1. The zero-order valence-corrected chi connectivity index (χ0v) is 20.3. The Hall–Kier alpha value is -3.65. The third kappa shape index (κ3) is 5.12. The lowest BCUT2D eigenvalue weighted by atomic mass is 9.93. The Morgan fingerprint density at radius 3 is 1.32 bits per heavy atom. The first-order chi connectivity index (χ1) is 16.2. The number of phenols is 2. The monoisotopic (exact) mass is 469 g/mol. The van der Waals surface area contributed by atoms with Gasteiger partial charge in [0.2, 0.25) is 11.5 Å². The summed E-state index contributed by atoms with van der Waals surface area (Å²) in [5.41, 5.74) is 2.54. The van der Waals surface area contributed by atoms with Crippen LogP contribution in [0.5, 0.6) is 34.5 Å². The molecule has 8 nitrogen and oxygen atoms in total. The molecule has 0 aliphatic carbocycles. The Kier molecular flexibility index (Phi) is 7.73. The first kappa shape index (κ1) is 25.0. The summed E-state index contributed by atoms with van der Waals surface area (Å²) in [7, 11) is 5.83. The van der Waals surface area contributed by atoms with Crippen molar-refractivity contribution in [2.24, 2.45) is 0 Å². The molecule has 0 saturated carbocycles. The smallest absolute Gasteiger partial charge is 0.200 e. The molecular formula is C26H31NO7. The molecular weight excluding hydrogens is 438 g/mol. The Morgan fingerprint density at radius 1 is 0.735 bits per heavy atom. The molecule has 182 valence electrons. The summed E-state index contributed by atoms with van der Waals surface area (Å²) < 4.78 is 21.0. The Bertz CT molecular complexity index is 1000. The largest absolute Gasteiger partial charge is 0.502 e. The molecule has 0 spiro atoms. The first-order valence-electron chi connectivity index (χ1n) is 10.8. The number of aromatic hydroxyl groups is 2. The number of hydrogen-bond acceptors (Lipinski definition) is 8. The van der Waals surface area contributed by atoms with E-state index in [2.05, 4.69) is 18.7 Å². The van der Waals surface area contributed by atoms with Gasteiger partial charge in [-0.1, -0.05) is 0 Å². The molecule has 0 bridgehead atoms. The van der Waals surface area contributed by atoms with E-state index in [9.17, 15) is 15.0 Å². The lowest BCUT2D eigenvalue weighted by molar-refractivity contribution is -0.113. The number of likely N-dealkylation sites (tertiary alicyclic amines) is 1. The number of Topliss-reactive ketones (excluding diaryl/α,β-unsaturated/α-hetero) is 1. The van der Waals surface area contributed by atoms with Crippen LogP contribution in [0.4, 0.5) is 0 Å². The first-order valence-corrected chi connectivity index (χ1v) is 10.8. The van der Waals surface area contributed by atoms with Gasteiger partial charge in [0.15, 0.2) is 28.8 Å². The summed E-state index contributed by atoms with van der Waals surface area (Å²) in [6.45, 7) is 5.09. The number of ketones is 1. The Labute approximate surface area is 199 Å². The van der Waals surface area contributed by atoms with Crippen molar-refractivity contribution in [2.75, 3.05) is 41.5 Å². The maximum absolute atomic E-state index is 13.5. The maximum Gasteiger partial charge on any atom is 0.200 e. The highest BCUT2D eigenvalue weighted by atomic mass is 16.5. The summed E-state index contributed by atoms with van der Waals surface area (Å²) in [5, 5.41) is 20.4. The number of hydrogen-bond donors (Lipinski definition) is 2. The SMILES string of the molecule is COc1cc(C=C2CN(C(C)C)CC(=Cc3cc(OC)c(O)c(OC)c3)C2=O)cc(OC)c1O. The molecule has 1 saturated heterocycles. The third-order valence-corrected chi connectivity index (χ3v) is 5.75. The number of piperidine rings is 1. The van der Waals surface area contributed by atoms with E-state index in [1.54, 1.807) is 36.4 Å². The van der Waals surface area contributed by atoms with Gasteiger partial charge in [-0.25, -0.2) is 0 Å². The van der Waals surface area contributed by atoms with Gasteiger partial charge in [0, 0.05) is 30.3 Å². The molecule has 0 unspecified atom stereocenters. The van der Waals surface area contributed by atoms with Gasteiger partial charge in [0.05, 0.1) is 28.4 Å². The van der Waals surface area contributed by atoms with Crippen molar-refractivity contribution in [1.82, 2.24) is 4.90 Å². The maximum atomic E-state index is 13.5. The third-order valence-electron chi connectivity index (χ3n) is 5.75. The minimum Gasteiger partial charge on any atom is -0.502 e. The number of ether oxygens (including phenoxy) is 4. The molecule has 2 aromatic carbocycles. The van der Waals surface area contributed by atoms with Gasteiger partial charge in [0.25, 0.3) is 0 Å². The molecule has 0 aromatic heterocycles. The standard InChI is InChI=1S/C26H31NO7/c1-15(2)27-13-18(7-16-9-20(31-3)25(29)21(10-16)32-4)24(28)19(14-27)8-17-11-22(33-5)26(30)23(12-17)34-6/h7-12,15,29-30H,13-14H2,1-6H3. The molecule has 0 atom stereocenters. The van der Waals surface area contributed by atoms with Gasteiger partial charge in [-0.15, -0.1) is 0 Å². The summed E-state index contributed by atoms with van der Waals surface area (Å²) in [6.07, 6.45) is 3.57. The average molecular weight is 470 g/mol. The summed E-state index contributed by atoms with van der Waals surface area (Å²) >= 11 is 0. The van der Waals surface area contributed by atoms with Crippen LogP contribution in [0.15, 0.2) is 35.4 Å². The molecule has 3 rings (SSSR count). The van der Waals surface area contributed by atoms with E-state index in [-0.39, 0.29) is 46.3 Å². The summed E-state index contributed by atoms with van der Waals surface area (Å²) in [6, 6.07) is 6.83. The highest BCUT2D eigenvalue weighted by molar-refractivity contribution is 6.14. The van der Waals surface area contributed by atoms with Gasteiger partial charge in [-0.2, -0.15) is 0 Å².